The fourth-order valence-corrected chi connectivity index (χ4v) is 2.69. The number of nitrogens with one attached hydrogen (secondary N) is 1. The third-order valence-electron chi connectivity index (χ3n) is 3.61. The third-order valence-corrected chi connectivity index (χ3v) is 4.14. The molecule has 2 N–H and O–H groups in total. The minimum atomic E-state index is -0.0583. The number of aliphatic hydroxyl groups is 1. The van der Waals surface area contributed by atoms with E-state index >= 15 is 0 Å². The van der Waals surface area contributed by atoms with Gasteiger partial charge in [0.15, 0.2) is 0 Å². The highest BCUT2D eigenvalue weighted by Gasteiger charge is 2.18. The Morgan fingerprint density at radius 1 is 1.16 bits per heavy atom. The molecule has 0 heterocycles. The van der Waals surface area contributed by atoms with Gasteiger partial charge >= 0.3 is 0 Å². The molecular weight excluding hydrogens is 306 g/mol. The summed E-state index contributed by atoms with van der Waals surface area (Å²) in [6.45, 7) is 2.60. The summed E-state index contributed by atoms with van der Waals surface area (Å²) in [6, 6.07) is 7.89. The molecule has 0 bridgehead atoms. The molecule has 0 unspecified atom stereocenters. The average Bonchev–Trinajstić information content (AvgIpc) is 2.43. The van der Waals surface area contributed by atoms with Crippen LogP contribution in [0.2, 0.25) is 0 Å². The van der Waals surface area contributed by atoms with E-state index < -0.39 is 0 Å². The SMILES string of the molecule is OC1CCC(CNCCOc2ccc(Br)cc2)CC1. The largest absolute Gasteiger partial charge is 0.492 e. The van der Waals surface area contributed by atoms with Crippen LogP contribution in [-0.2, 0) is 0 Å². The Morgan fingerprint density at radius 2 is 1.84 bits per heavy atom. The summed E-state index contributed by atoms with van der Waals surface area (Å²) in [6.07, 6.45) is 4.14. The van der Waals surface area contributed by atoms with Crippen LogP contribution in [0.5, 0.6) is 5.75 Å². The van der Waals surface area contributed by atoms with E-state index in [2.05, 4.69) is 21.2 Å². The number of ether oxygens (including phenoxy) is 1. The smallest absolute Gasteiger partial charge is 0.119 e. The van der Waals surface area contributed by atoms with Crippen molar-refractivity contribution in [3.8, 4) is 5.75 Å². The van der Waals surface area contributed by atoms with E-state index in [0.717, 1.165) is 54.9 Å². The second-order valence-corrected chi connectivity index (χ2v) is 6.10. The summed E-state index contributed by atoms with van der Waals surface area (Å²) < 4.78 is 6.71. The van der Waals surface area contributed by atoms with Gasteiger partial charge in [-0.3, -0.25) is 0 Å². The van der Waals surface area contributed by atoms with Gasteiger partial charge in [-0.2, -0.15) is 0 Å². The molecule has 0 spiro atoms. The second-order valence-electron chi connectivity index (χ2n) is 5.18. The zero-order valence-corrected chi connectivity index (χ0v) is 12.7. The number of halogens is 1. The van der Waals surface area contributed by atoms with Crippen LogP contribution >= 0.6 is 15.9 Å². The highest BCUT2D eigenvalue weighted by Crippen LogP contribution is 2.23. The van der Waals surface area contributed by atoms with E-state index in [1.807, 2.05) is 24.3 Å². The number of hydrogen-bond acceptors (Lipinski definition) is 3. The normalized spacial score (nSPS) is 23.3. The van der Waals surface area contributed by atoms with Gasteiger partial charge in [-0.1, -0.05) is 15.9 Å². The Balaban J connectivity index is 1.53. The van der Waals surface area contributed by atoms with Crippen LogP contribution in [0.25, 0.3) is 0 Å². The lowest BCUT2D eigenvalue weighted by molar-refractivity contribution is 0.108. The highest BCUT2D eigenvalue weighted by molar-refractivity contribution is 9.10. The lowest BCUT2D eigenvalue weighted by Gasteiger charge is -2.25. The molecular formula is C15H22BrNO2. The number of benzene rings is 1. The van der Waals surface area contributed by atoms with Gasteiger partial charge in [0.05, 0.1) is 6.10 Å². The van der Waals surface area contributed by atoms with Crippen LogP contribution in [0.4, 0.5) is 0 Å². The maximum Gasteiger partial charge on any atom is 0.119 e. The first kappa shape index (κ1) is 14.8. The van der Waals surface area contributed by atoms with Crippen LogP contribution in [-0.4, -0.2) is 30.9 Å². The Labute approximate surface area is 123 Å². The maximum atomic E-state index is 9.44. The third kappa shape index (κ3) is 5.51. The van der Waals surface area contributed by atoms with Crippen LogP contribution in [0, 0.1) is 5.92 Å². The monoisotopic (exact) mass is 327 g/mol. The minimum Gasteiger partial charge on any atom is -0.492 e. The van der Waals surface area contributed by atoms with Crippen molar-refractivity contribution in [1.29, 1.82) is 0 Å². The molecule has 1 aliphatic carbocycles. The van der Waals surface area contributed by atoms with Crippen LogP contribution in [0.15, 0.2) is 28.7 Å². The summed E-state index contributed by atoms with van der Waals surface area (Å²) >= 11 is 3.40. The Hall–Kier alpha value is -0.580. The van der Waals surface area contributed by atoms with Gasteiger partial charge in [0, 0.05) is 11.0 Å². The molecule has 1 saturated carbocycles. The van der Waals surface area contributed by atoms with Crippen molar-refractivity contribution in [2.75, 3.05) is 19.7 Å². The quantitative estimate of drug-likeness (QED) is 0.789. The van der Waals surface area contributed by atoms with E-state index in [-0.39, 0.29) is 6.10 Å². The molecule has 1 aromatic rings. The molecule has 4 heteroatoms. The lowest BCUT2D eigenvalue weighted by atomic mass is 9.87. The molecule has 0 aliphatic heterocycles. The van der Waals surface area contributed by atoms with Crippen molar-refractivity contribution in [3.05, 3.63) is 28.7 Å². The molecule has 106 valence electrons. The summed E-state index contributed by atoms with van der Waals surface area (Å²) in [5.41, 5.74) is 0. The van der Waals surface area contributed by atoms with Gasteiger partial charge < -0.3 is 15.2 Å². The van der Waals surface area contributed by atoms with Crippen molar-refractivity contribution in [2.45, 2.75) is 31.8 Å². The van der Waals surface area contributed by atoms with Crippen molar-refractivity contribution >= 4 is 15.9 Å². The zero-order chi connectivity index (χ0) is 13.5. The fourth-order valence-electron chi connectivity index (χ4n) is 2.43. The van der Waals surface area contributed by atoms with Gasteiger partial charge in [-0.05, 0) is 62.4 Å². The number of rotatable bonds is 6. The fraction of sp³-hybridized carbons (Fsp3) is 0.600. The molecule has 0 aromatic heterocycles. The van der Waals surface area contributed by atoms with Gasteiger partial charge in [0.2, 0.25) is 0 Å². The van der Waals surface area contributed by atoms with E-state index in [0.29, 0.717) is 6.61 Å². The Morgan fingerprint density at radius 3 is 2.53 bits per heavy atom. The summed E-state index contributed by atoms with van der Waals surface area (Å²) in [4.78, 5) is 0. The highest BCUT2D eigenvalue weighted by atomic mass is 79.9. The molecule has 0 amide bonds. The van der Waals surface area contributed by atoms with Gasteiger partial charge in [-0.15, -0.1) is 0 Å². The molecule has 0 radical (unpaired) electrons. The molecule has 19 heavy (non-hydrogen) atoms. The average molecular weight is 328 g/mol. The predicted molar refractivity (Wildman–Crippen MR) is 80.5 cm³/mol. The topological polar surface area (TPSA) is 41.5 Å². The summed E-state index contributed by atoms with van der Waals surface area (Å²) in [5.74, 6) is 1.63. The van der Waals surface area contributed by atoms with Crippen LogP contribution < -0.4 is 10.1 Å². The lowest BCUT2D eigenvalue weighted by Crippen LogP contribution is -2.30. The molecule has 2 rings (SSSR count). The molecule has 0 atom stereocenters. The maximum absolute atomic E-state index is 9.44. The van der Waals surface area contributed by atoms with Crippen molar-refractivity contribution < 1.29 is 9.84 Å². The number of hydrogen-bond donors (Lipinski definition) is 2. The van der Waals surface area contributed by atoms with Gasteiger partial charge in [0.1, 0.15) is 12.4 Å². The summed E-state index contributed by atoms with van der Waals surface area (Å²) in [7, 11) is 0. The standard InChI is InChI=1S/C15H22BrNO2/c16-13-3-7-15(8-4-13)19-10-9-17-11-12-1-5-14(18)6-2-12/h3-4,7-8,12,14,17-18H,1-2,5-6,9-11H2. The first-order chi connectivity index (χ1) is 9.24. The van der Waals surface area contributed by atoms with Crippen molar-refractivity contribution in [2.24, 2.45) is 5.92 Å². The molecule has 3 nitrogen and oxygen atoms in total. The Bertz CT molecular complexity index is 361. The first-order valence-electron chi connectivity index (χ1n) is 7.01. The zero-order valence-electron chi connectivity index (χ0n) is 11.1. The Kier molecular flexibility index (Phi) is 6.14. The summed E-state index contributed by atoms with van der Waals surface area (Å²) in [5, 5.41) is 12.9. The molecule has 1 aliphatic rings. The van der Waals surface area contributed by atoms with E-state index in [9.17, 15) is 5.11 Å². The van der Waals surface area contributed by atoms with E-state index in [4.69, 9.17) is 4.74 Å². The molecule has 1 aromatic carbocycles. The minimum absolute atomic E-state index is 0.0583. The molecule has 0 saturated heterocycles. The van der Waals surface area contributed by atoms with Gasteiger partial charge in [0.25, 0.3) is 0 Å². The number of aliphatic hydroxyl groups excluding tert-OH is 1. The second kappa shape index (κ2) is 7.88. The first-order valence-corrected chi connectivity index (χ1v) is 7.80. The van der Waals surface area contributed by atoms with Crippen LogP contribution in [0.3, 0.4) is 0 Å². The predicted octanol–water partition coefficient (Wildman–Crippen LogP) is 2.97. The van der Waals surface area contributed by atoms with Crippen LogP contribution in [0.1, 0.15) is 25.7 Å². The van der Waals surface area contributed by atoms with Crippen molar-refractivity contribution in [1.82, 2.24) is 5.32 Å². The van der Waals surface area contributed by atoms with Gasteiger partial charge in [-0.25, -0.2) is 0 Å². The van der Waals surface area contributed by atoms with E-state index in [1.165, 1.54) is 0 Å². The van der Waals surface area contributed by atoms with Crippen molar-refractivity contribution in [3.63, 3.8) is 0 Å². The molecule has 1 fully saturated rings. The van der Waals surface area contributed by atoms with E-state index in [1.54, 1.807) is 0 Å².